The lowest BCUT2D eigenvalue weighted by atomic mass is 10.0. The first-order chi connectivity index (χ1) is 10.5. The summed E-state index contributed by atoms with van der Waals surface area (Å²) in [4.78, 5) is 13.0. The summed E-state index contributed by atoms with van der Waals surface area (Å²) in [5, 5.41) is 10.5. The normalized spacial score (nSPS) is 12.4. The van der Waals surface area contributed by atoms with Crippen molar-refractivity contribution in [2.24, 2.45) is 0 Å². The minimum atomic E-state index is -5.00. The number of aromatic nitrogens is 2. The first kappa shape index (κ1) is 16.8. The average molecular weight is 339 g/mol. The third-order valence-corrected chi connectivity index (χ3v) is 2.90. The van der Waals surface area contributed by atoms with Crippen molar-refractivity contribution < 1.29 is 31.3 Å². The number of alkyl halides is 6. The number of nitrogens with zero attached hydrogens (tertiary/aromatic N) is 3. The maximum Gasteiger partial charge on any atom is 0.416 e. The SMILES string of the molecule is O=[N+]([O-])c1cn(Cc2ccc(C(F)(F)F)cc2C(F)(F)F)cn1. The van der Waals surface area contributed by atoms with Gasteiger partial charge in [-0.05, 0) is 27.6 Å². The average Bonchev–Trinajstić information content (AvgIpc) is 2.85. The molecule has 2 rings (SSSR count). The van der Waals surface area contributed by atoms with Gasteiger partial charge in [0, 0.05) is 0 Å². The Morgan fingerprint density at radius 2 is 1.78 bits per heavy atom. The monoisotopic (exact) mass is 339 g/mol. The minimum absolute atomic E-state index is 0.0146. The van der Waals surface area contributed by atoms with Crippen LogP contribution in [0.3, 0.4) is 0 Å². The summed E-state index contributed by atoms with van der Waals surface area (Å²) in [5.41, 5.74) is -3.34. The van der Waals surface area contributed by atoms with Gasteiger partial charge in [-0.3, -0.25) is 0 Å². The molecule has 0 amide bonds. The van der Waals surface area contributed by atoms with E-state index in [2.05, 4.69) is 4.98 Å². The van der Waals surface area contributed by atoms with Crippen LogP contribution in [0.15, 0.2) is 30.7 Å². The molecule has 1 aromatic heterocycles. The standard InChI is InChI=1S/C12H7F6N3O2/c13-11(14,15)8-2-1-7(9(3-8)12(16,17)18)4-20-5-10(19-6-20)21(22)23/h1-3,5-6H,4H2. The number of imidazole rings is 1. The number of rotatable bonds is 3. The molecule has 0 fully saturated rings. The van der Waals surface area contributed by atoms with Crippen molar-refractivity contribution in [2.75, 3.05) is 0 Å². The second-order valence-electron chi connectivity index (χ2n) is 4.53. The van der Waals surface area contributed by atoms with E-state index in [9.17, 15) is 36.5 Å². The maximum absolute atomic E-state index is 13.0. The lowest BCUT2D eigenvalue weighted by Crippen LogP contribution is -2.14. The van der Waals surface area contributed by atoms with Gasteiger partial charge in [0.05, 0.1) is 17.7 Å². The van der Waals surface area contributed by atoms with Crippen LogP contribution in [0, 0.1) is 10.1 Å². The zero-order chi connectivity index (χ0) is 17.4. The zero-order valence-corrected chi connectivity index (χ0v) is 11.0. The van der Waals surface area contributed by atoms with Crippen LogP contribution >= 0.6 is 0 Å². The predicted octanol–water partition coefficient (Wildman–Crippen LogP) is 3.88. The number of nitro groups is 1. The van der Waals surface area contributed by atoms with E-state index >= 15 is 0 Å². The molecule has 0 saturated carbocycles. The van der Waals surface area contributed by atoms with Gasteiger partial charge in [-0.25, -0.2) is 0 Å². The molecule has 0 saturated heterocycles. The van der Waals surface area contributed by atoms with E-state index in [0.717, 1.165) is 17.1 Å². The molecule has 2 aromatic rings. The fraction of sp³-hybridized carbons (Fsp3) is 0.250. The van der Waals surface area contributed by atoms with Gasteiger partial charge in [-0.15, -0.1) is 0 Å². The first-order valence-electron chi connectivity index (χ1n) is 5.92. The highest BCUT2D eigenvalue weighted by Gasteiger charge is 2.38. The summed E-state index contributed by atoms with van der Waals surface area (Å²) in [6, 6.07) is 1.23. The molecule has 0 spiro atoms. The van der Waals surface area contributed by atoms with Crippen LogP contribution in [0.1, 0.15) is 16.7 Å². The minimum Gasteiger partial charge on any atom is -0.358 e. The van der Waals surface area contributed by atoms with Crippen molar-refractivity contribution in [3.05, 3.63) is 57.5 Å². The van der Waals surface area contributed by atoms with Crippen molar-refractivity contribution in [1.82, 2.24) is 9.55 Å². The third-order valence-electron chi connectivity index (χ3n) is 2.90. The van der Waals surface area contributed by atoms with Crippen LogP contribution in [0.4, 0.5) is 32.2 Å². The molecule has 124 valence electrons. The summed E-state index contributed by atoms with van der Waals surface area (Å²) in [7, 11) is 0. The summed E-state index contributed by atoms with van der Waals surface area (Å²) in [5.74, 6) is -0.578. The first-order valence-corrected chi connectivity index (χ1v) is 5.92. The second kappa shape index (κ2) is 5.56. The molecule has 23 heavy (non-hydrogen) atoms. The lowest BCUT2D eigenvalue weighted by Gasteiger charge is -2.15. The van der Waals surface area contributed by atoms with Crippen LogP contribution in [0.5, 0.6) is 0 Å². The molecule has 0 atom stereocenters. The number of hydrogen-bond acceptors (Lipinski definition) is 3. The van der Waals surface area contributed by atoms with Gasteiger partial charge in [0.25, 0.3) is 0 Å². The van der Waals surface area contributed by atoms with Gasteiger partial charge in [-0.1, -0.05) is 6.07 Å². The van der Waals surface area contributed by atoms with Crippen LogP contribution in [0.25, 0.3) is 0 Å². The maximum atomic E-state index is 13.0. The molecule has 0 N–H and O–H groups in total. The smallest absolute Gasteiger partial charge is 0.358 e. The molecule has 0 aliphatic carbocycles. The predicted molar refractivity (Wildman–Crippen MR) is 64.4 cm³/mol. The highest BCUT2D eigenvalue weighted by Crippen LogP contribution is 2.37. The fourth-order valence-electron chi connectivity index (χ4n) is 1.88. The van der Waals surface area contributed by atoms with E-state index in [1.54, 1.807) is 0 Å². The van der Waals surface area contributed by atoms with E-state index in [1.807, 2.05) is 0 Å². The van der Waals surface area contributed by atoms with Crippen LogP contribution < -0.4 is 0 Å². The Hall–Kier alpha value is -2.59. The number of benzene rings is 1. The van der Waals surface area contributed by atoms with E-state index in [-0.39, 0.29) is 6.07 Å². The van der Waals surface area contributed by atoms with E-state index in [0.29, 0.717) is 12.1 Å². The van der Waals surface area contributed by atoms with Gasteiger partial charge in [0.2, 0.25) is 6.33 Å². The Morgan fingerprint density at radius 3 is 2.26 bits per heavy atom. The number of halogens is 6. The quantitative estimate of drug-likeness (QED) is 0.484. The largest absolute Gasteiger partial charge is 0.416 e. The highest BCUT2D eigenvalue weighted by atomic mass is 19.4. The van der Waals surface area contributed by atoms with Gasteiger partial charge in [-0.2, -0.15) is 26.3 Å². The summed E-state index contributed by atoms with van der Waals surface area (Å²) in [6.45, 7) is -0.506. The lowest BCUT2D eigenvalue weighted by molar-refractivity contribution is -0.389. The summed E-state index contributed by atoms with van der Waals surface area (Å²) in [6.07, 6.45) is -8.09. The van der Waals surface area contributed by atoms with E-state index in [1.165, 1.54) is 0 Å². The molecule has 1 aromatic carbocycles. The van der Waals surface area contributed by atoms with Crippen LogP contribution in [0.2, 0.25) is 0 Å². The molecule has 1 heterocycles. The molecule has 0 bridgehead atoms. The van der Waals surface area contributed by atoms with Crippen LogP contribution in [-0.4, -0.2) is 14.5 Å². The zero-order valence-electron chi connectivity index (χ0n) is 11.0. The van der Waals surface area contributed by atoms with Crippen molar-refractivity contribution >= 4 is 5.82 Å². The van der Waals surface area contributed by atoms with Crippen molar-refractivity contribution in [1.29, 1.82) is 0 Å². The molecule has 0 aliphatic heterocycles. The molecular formula is C12H7F6N3O2. The van der Waals surface area contributed by atoms with E-state index < -0.39 is 46.3 Å². The number of hydrogen-bond donors (Lipinski definition) is 0. The highest BCUT2D eigenvalue weighted by molar-refractivity contribution is 5.36. The Balaban J connectivity index is 2.42. The molecular weight excluding hydrogens is 332 g/mol. The van der Waals surface area contributed by atoms with Gasteiger partial charge >= 0.3 is 18.2 Å². The molecule has 11 heteroatoms. The summed E-state index contributed by atoms with van der Waals surface area (Å²) < 4.78 is 77.5. The van der Waals surface area contributed by atoms with Crippen molar-refractivity contribution in [2.45, 2.75) is 18.9 Å². The molecule has 0 aliphatic rings. The molecule has 0 unspecified atom stereocenters. The topological polar surface area (TPSA) is 61.0 Å². The van der Waals surface area contributed by atoms with Gasteiger partial charge in [0.15, 0.2) is 0 Å². The second-order valence-corrected chi connectivity index (χ2v) is 4.53. The van der Waals surface area contributed by atoms with Crippen molar-refractivity contribution in [3.63, 3.8) is 0 Å². The van der Waals surface area contributed by atoms with Gasteiger partial charge in [0.1, 0.15) is 6.20 Å². The van der Waals surface area contributed by atoms with Crippen molar-refractivity contribution in [3.8, 4) is 0 Å². The summed E-state index contributed by atoms with van der Waals surface area (Å²) >= 11 is 0. The molecule has 0 radical (unpaired) electrons. The Labute approximate surface area is 124 Å². The van der Waals surface area contributed by atoms with Crippen LogP contribution in [-0.2, 0) is 18.9 Å². The Morgan fingerprint density at radius 1 is 1.13 bits per heavy atom. The van der Waals surface area contributed by atoms with E-state index in [4.69, 9.17) is 0 Å². The third kappa shape index (κ3) is 3.79. The Bertz CT molecular complexity index is 735. The van der Waals surface area contributed by atoms with Gasteiger partial charge < -0.3 is 14.7 Å². The Kier molecular flexibility index (Phi) is 4.05. The molecule has 5 nitrogen and oxygen atoms in total. The fourth-order valence-corrected chi connectivity index (χ4v) is 1.88.